The van der Waals surface area contributed by atoms with Crippen LogP contribution in [0.4, 0.5) is 5.69 Å². The topological polar surface area (TPSA) is 55.1 Å². The molecule has 0 spiro atoms. The van der Waals surface area contributed by atoms with Gasteiger partial charge in [-0.25, -0.2) is 0 Å². The number of amides is 1. The zero-order chi connectivity index (χ0) is 11.8. The Morgan fingerprint density at radius 1 is 1.50 bits per heavy atom. The molecule has 1 aromatic rings. The van der Waals surface area contributed by atoms with Crippen LogP contribution in [0.3, 0.4) is 0 Å². The van der Waals surface area contributed by atoms with E-state index in [1.54, 1.807) is 11.8 Å². The number of anilines is 1. The highest BCUT2D eigenvalue weighted by Crippen LogP contribution is 2.34. The molecule has 0 bridgehead atoms. The number of hydrogen-bond donors (Lipinski definition) is 2. The maximum absolute atomic E-state index is 11.3. The van der Waals surface area contributed by atoms with Crippen LogP contribution >= 0.6 is 11.8 Å². The normalized spacial score (nSPS) is 15.6. The lowest BCUT2D eigenvalue weighted by Crippen LogP contribution is -2.28. The summed E-state index contributed by atoms with van der Waals surface area (Å²) >= 11 is 1.58. The Kier molecular flexibility index (Phi) is 2.95. The third kappa shape index (κ3) is 2.08. The van der Waals surface area contributed by atoms with Crippen LogP contribution in [0.1, 0.15) is 19.4 Å². The Labute approximate surface area is 99.8 Å². The van der Waals surface area contributed by atoms with Gasteiger partial charge in [-0.05, 0) is 17.7 Å². The Balaban J connectivity index is 2.38. The van der Waals surface area contributed by atoms with Crippen molar-refractivity contribution in [1.82, 2.24) is 0 Å². The third-order valence-electron chi connectivity index (χ3n) is 2.90. The molecule has 0 saturated carbocycles. The van der Waals surface area contributed by atoms with Crippen molar-refractivity contribution in [2.24, 2.45) is 5.73 Å². The van der Waals surface area contributed by atoms with Gasteiger partial charge in [0.05, 0.1) is 11.4 Å². The van der Waals surface area contributed by atoms with E-state index in [1.807, 2.05) is 6.07 Å². The van der Waals surface area contributed by atoms with Crippen molar-refractivity contribution in [3.63, 3.8) is 0 Å². The van der Waals surface area contributed by atoms with E-state index in [2.05, 4.69) is 31.3 Å². The van der Waals surface area contributed by atoms with Crippen LogP contribution in [0, 0.1) is 0 Å². The highest BCUT2D eigenvalue weighted by atomic mass is 32.2. The predicted molar refractivity (Wildman–Crippen MR) is 67.9 cm³/mol. The van der Waals surface area contributed by atoms with Crippen LogP contribution in [0.15, 0.2) is 23.1 Å². The van der Waals surface area contributed by atoms with Gasteiger partial charge in [-0.3, -0.25) is 4.79 Å². The molecule has 0 aliphatic carbocycles. The van der Waals surface area contributed by atoms with Crippen molar-refractivity contribution in [1.29, 1.82) is 0 Å². The minimum Gasteiger partial charge on any atom is -0.330 e. The summed E-state index contributed by atoms with van der Waals surface area (Å²) < 4.78 is 0. The molecule has 16 heavy (non-hydrogen) atoms. The maximum Gasteiger partial charge on any atom is 0.234 e. The van der Waals surface area contributed by atoms with E-state index in [0.717, 1.165) is 16.1 Å². The lowest BCUT2D eigenvalue weighted by atomic mass is 9.84. The van der Waals surface area contributed by atoms with Crippen molar-refractivity contribution < 1.29 is 4.79 Å². The standard InChI is InChI=1S/C12H16N2OS/c1-12(2,7-13)8-3-4-10-9(5-8)14-11(15)6-16-10/h3-5H,6-7,13H2,1-2H3,(H,14,15). The molecule has 1 heterocycles. The van der Waals surface area contributed by atoms with Crippen LogP contribution in [0.25, 0.3) is 0 Å². The van der Waals surface area contributed by atoms with Gasteiger partial charge in [-0.15, -0.1) is 11.8 Å². The molecule has 86 valence electrons. The second-order valence-electron chi connectivity index (χ2n) is 4.64. The van der Waals surface area contributed by atoms with Crippen molar-refractivity contribution in [3.8, 4) is 0 Å². The Morgan fingerprint density at radius 3 is 2.94 bits per heavy atom. The van der Waals surface area contributed by atoms with Crippen LogP contribution < -0.4 is 11.1 Å². The molecule has 0 unspecified atom stereocenters. The molecule has 4 heteroatoms. The summed E-state index contributed by atoms with van der Waals surface area (Å²) in [5.41, 5.74) is 7.78. The minimum atomic E-state index is -0.0537. The molecule has 1 aliphatic rings. The fraction of sp³-hybridized carbons (Fsp3) is 0.417. The summed E-state index contributed by atoms with van der Waals surface area (Å²) in [6.45, 7) is 4.80. The molecule has 3 N–H and O–H groups in total. The molecule has 0 atom stereocenters. The van der Waals surface area contributed by atoms with E-state index in [0.29, 0.717) is 12.3 Å². The number of benzene rings is 1. The predicted octanol–water partition coefficient (Wildman–Crippen LogP) is 1.97. The van der Waals surface area contributed by atoms with E-state index in [1.165, 1.54) is 0 Å². The maximum atomic E-state index is 11.3. The first-order chi connectivity index (χ1) is 7.53. The molecule has 0 radical (unpaired) electrons. The number of nitrogens with one attached hydrogen (secondary N) is 1. The van der Waals surface area contributed by atoms with Crippen LogP contribution in [-0.2, 0) is 10.2 Å². The van der Waals surface area contributed by atoms with Gasteiger partial charge in [0.2, 0.25) is 5.91 Å². The molecule has 3 nitrogen and oxygen atoms in total. The van der Waals surface area contributed by atoms with Crippen LogP contribution in [-0.4, -0.2) is 18.2 Å². The van der Waals surface area contributed by atoms with Gasteiger partial charge in [-0.2, -0.15) is 0 Å². The summed E-state index contributed by atoms with van der Waals surface area (Å²) in [4.78, 5) is 12.4. The average Bonchev–Trinajstić information content (AvgIpc) is 2.28. The fourth-order valence-electron chi connectivity index (χ4n) is 1.62. The summed E-state index contributed by atoms with van der Waals surface area (Å²) in [7, 11) is 0. The molecule has 0 fully saturated rings. The van der Waals surface area contributed by atoms with Crippen molar-refractivity contribution >= 4 is 23.4 Å². The number of carbonyl (C=O) groups is 1. The minimum absolute atomic E-state index is 0.0537. The van der Waals surface area contributed by atoms with Gasteiger partial charge in [0.25, 0.3) is 0 Å². The molecule has 2 rings (SSSR count). The lowest BCUT2D eigenvalue weighted by molar-refractivity contribution is -0.113. The number of thioether (sulfide) groups is 1. The number of fused-ring (bicyclic) bond motifs is 1. The van der Waals surface area contributed by atoms with E-state index < -0.39 is 0 Å². The Morgan fingerprint density at radius 2 is 2.25 bits per heavy atom. The largest absolute Gasteiger partial charge is 0.330 e. The molecule has 1 amide bonds. The molecule has 0 aromatic heterocycles. The first-order valence-electron chi connectivity index (χ1n) is 5.30. The fourth-order valence-corrected chi connectivity index (χ4v) is 2.41. The van der Waals surface area contributed by atoms with Gasteiger partial charge >= 0.3 is 0 Å². The third-order valence-corrected chi connectivity index (χ3v) is 3.98. The summed E-state index contributed by atoms with van der Waals surface area (Å²) in [6.07, 6.45) is 0. The van der Waals surface area contributed by atoms with Crippen LogP contribution in [0.2, 0.25) is 0 Å². The smallest absolute Gasteiger partial charge is 0.234 e. The molecular formula is C12H16N2OS. The second-order valence-corrected chi connectivity index (χ2v) is 5.65. The quantitative estimate of drug-likeness (QED) is 0.825. The van der Waals surface area contributed by atoms with Crippen molar-refractivity contribution in [2.45, 2.75) is 24.2 Å². The molecule has 1 aliphatic heterocycles. The summed E-state index contributed by atoms with van der Waals surface area (Å²) in [5, 5.41) is 2.90. The first kappa shape index (κ1) is 11.5. The van der Waals surface area contributed by atoms with Crippen molar-refractivity contribution in [2.75, 3.05) is 17.6 Å². The number of rotatable bonds is 2. The highest BCUT2D eigenvalue weighted by molar-refractivity contribution is 8.00. The SMILES string of the molecule is CC(C)(CN)c1ccc2c(c1)NC(=O)CS2. The summed E-state index contributed by atoms with van der Waals surface area (Å²) in [5.74, 6) is 0.576. The average molecular weight is 236 g/mol. The van der Waals surface area contributed by atoms with E-state index in [-0.39, 0.29) is 11.3 Å². The monoisotopic (exact) mass is 236 g/mol. The zero-order valence-electron chi connectivity index (χ0n) is 9.54. The van der Waals surface area contributed by atoms with Gasteiger partial charge in [0, 0.05) is 16.9 Å². The highest BCUT2D eigenvalue weighted by Gasteiger charge is 2.22. The second kappa shape index (κ2) is 4.11. The number of nitrogens with two attached hydrogens (primary N) is 1. The van der Waals surface area contributed by atoms with Crippen molar-refractivity contribution in [3.05, 3.63) is 23.8 Å². The molecular weight excluding hydrogens is 220 g/mol. The van der Waals surface area contributed by atoms with Gasteiger partial charge in [0.1, 0.15) is 0 Å². The summed E-state index contributed by atoms with van der Waals surface area (Å²) in [6, 6.07) is 6.19. The van der Waals surface area contributed by atoms with Crippen LogP contribution in [0.5, 0.6) is 0 Å². The zero-order valence-corrected chi connectivity index (χ0v) is 10.4. The van der Waals surface area contributed by atoms with E-state index in [9.17, 15) is 4.79 Å². The van der Waals surface area contributed by atoms with Gasteiger partial charge in [-0.1, -0.05) is 19.9 Å². The molecule has 1 aromatic carbocycles. The Bertz CT molecular complexity index is 429. The number of carbonyl (C=O) groups excluding carboxylic acids is 1. The first-order valence-corrected chi connectivity index (χ1v) is 6.29. The van der Waals surface area contributed by atoms with Gasteiger partial charge in [0.15, 0.2) is 0 Å². The van der Waals surface area contributed by atoms with E-state index >= 15 is 0 Å². The lowest BCUT2D eigenvalue weighted by Gasteiger charge is -2.25. The Hall–Kier alpha value is -1.000. The van der Waals surface area contributed by atoms with E-state index in [4.69, 9.17) is 5.73 Å². The number of hydrogen-bond acceptors (Lipinski definition) is 3. The van der Waals surface area contributed by atoms with Gasteiger partial charge < -0.3 is 11.1 Å². The molecule has 0 saturated heterocycles.